The molecule has 1 fully saturated rings. The first-order chi connectivity index (χ1) is 7.20. The summed E-state index contributed by atoms with van der Waals surface area (Å²) in [4.78, 5) is 11.0. The van der Waals surface area contributed by atoms with Gasteiger partial charge in [-0.2, -0.15) is 0 Å². The first-order valence-electron chi connectivity index (χ1n) is 5.33. The van der Waals surface area contributed by atoms with Gasteiger partial charge in [-0.25, -0.2) is 4.79 Å². The van der Waals surface area contributed by atoms with E-state index in [9.17, 15) is 4.79 Å². The lowest BCUT2D eigenvalue weighted by Crippen LogP contribution is -2.08. The fourth-order valence-electron chi connectivity index (χ4n) is 1.56. The zero-order valence-electron chi connectivity index (χ0n) is 8.79. The van der Waals surface area contributed by atoms with Crippen molar-refractivity contribution in [3.63, 3.8) is 0 Å². The van der Waals surface area contributed by atoms with Crippen molar-refractivity contribution in [2.45, 2.75) is 32.2 Å². The van der Waals surface area contributed by atoms with E-state index in [1.165, 1.54) is 5.56 Å². The maximum Gasteiger partial charge on any atom is 0.337 e. The molecule has 1 aromatic carbocycles. The number of anilines is 1. The second-order valence-electron chi connectivity index (χ2n) is 3.96. The summed E-state index contributed by atoms with van der Waals surface area (Å²) in [7, 11) is 0. The first kappa shape index (κ1) is 10.0. The maximum atomic E-state index is 11.0. The van der Waals surface area contributed by atoms with Gasteiger partial charge in [0.2, 0.25) is 0 Å². The second kappa shape index (κ2) is 3.93. The Morgan fingerprint density at radius 2 is 2.27 bits per heavy atom. The van der Waals surface area contributed by atoms with Gasteiger partial charge in [0.25, 0.3) is 0 Å². The Balaban J connectivity index is 2.30. The molecular weight excluding hydrogens is 190 g/mol. The third-order valence-electron chi connectivity index (χ3n) is 2.66. The summed E-state index contributed by atoms with van der Waals surface area (Å²) in [6, 6.07) is 5.99. The van der Waals surface area contributed by atoms with E-state index in [0.29, 0.717) is 11.6 Å². The minimum Gasteiger partial charge on any atom is -0.478 e. The summed E-state index contributed by atoms with van der Waals surface area (Å²) in [5.41, 5.74) is 2.31. The molecule has 1 aromatic rings. The van der Waals surface area contributed by atoms with Crippen LogP contribution in [-0.4, -0.2) is 17.1 Å². The molecule has 3 heteroatoms. The molecule has 1 aliphatic carbocycles. The number of nitrogens with one attached hydrogen (secondary N) is 1. The van der Waals surface area contributed by atoms with E-state index in [0.717, 1.165) is 24.9 Å². The molecule has 0 atom stereocenters. The monoisotopic (exact) mass is 205 g/mol. The lowest BCUT2D eigenvalue weighted by Gasteiger charge is -2.10. The van der Waals surface area contributed by atoms with Crippen molar-refractivity contribution in [1.82, 2.24) is 0 Å². The van der Waals surface area contributed by atoms with Crippen LogP contribution in [0.15, 0.2) is 18.2 Å². The van der Waals surface area contributed by atoms with E-state index < -0.39 is 5.97 Å². The minimum absolute atomic E-state index is 0.374. The predicted molar refractivity (Wildman–Crippen MR) is 59.4 cm³/mol. The summed E-state index contributed by atoms with van der Waals surface area (Å²) in [6.45, 7) is 2.07. The molecule has 0 aromatic heterocycles. The predicted octanol–water partition coefficient (Wildman–Crippen LogP) is 2.52. The fourth-order valence-corrected chi connectivity index (χ4v) is 1.56. The van der Waals surface area contributed by atoms with E-state index in [2.05, 4.69) is 12.2 Å². The number of aryl methyl sites for hydroxylation is 1. The highest BCUT2D eigenvalue weighted by molar-refractivity contribution is 5.94. The van der Waals surface area contributed by atoms with Crippen LogP contribution in [0, 0.1) is 0 Å². The smallest absolute Gasteiger partial charge is 0.337 e. The van der Waals surface area contributed by atoms with Gasteiger partial charge in [0.1, 0.15) is 0 Å². The van der Waals surface area contributed by atoms with Crippen LogP contribution in [-0.2, 0) is 6.42 Å². The van der Waals surface area contributed by atoms with Crippen molar-refractivity contribution in [1.29, 1.82) is 0 Å². The van der Waals surface area contributed by atoms with Crippen LogP contribution in [0.5, 0.6) is 0 Å². The SMILES string of the molecule is CCc1ccc(C(=O)O)c(NC2CC2)c1. The zero-order chi connectivity index (χ0) is 10.8. The Morgan fingerprint density at radius 3 is 2.80 bits per heavy atom. The molecule has 1 aliphatic rings. The molecule has 2 rings (SSSR count). The molecule has 0 aliphatic heterocycles. The molecule has 80 valence electrons. The minimum atomic E-state index is -0.860. The zero-order valence-corrected chi connectivity index (χ0v) is 8.79. The molecular formula is C12H15NO2. The maximum absolute atomic E-state index is 11.0. The van der Waals surface area contributed by atoms with Gasteiger partial charge in [-0.05, 0) is 37.0 Å². The van der Waals surface area contributed by atoms with Crippen molar-refractivity contribution in [2.75, 3.05) is 5.32 Å². The van der Waals surface area contributed by atoms with Crippen molar-refractivity contribution in [2.24, 2.45) is 0 Å². The number of carbonyl (C=O) groups is 1. The second-order valence-corrected chi connectivity index (χ2v) is 3.96. The summed E-state index contributed by atoms with van der Waals surface area (Å²) >= 11 is 0. The van der Waals surface area contributed by atoms with Crippen LogP contribution in [0.1, 0.15) is 35.7 Å². The van der Waals surface area contributed by atoms with Gasteiger partial charge in [0.15, 0.2) is 0 Å². The van der Waals surface area contributed by atoms with Gasteiger partial charge in [-0.1, -0.05) is 13.0 Å². The van der Waals surface area contributed by atoms with Crippen LogP contribution >= 0.6 is 0 Å². The highest BCUT2D eigenvalue weighted by Crippen LogP contribution is 2.27. The standard InChI is InChI=1S/C12H15NO2/c1-2-8-3-6-10(12(14)15)11(7-8)13-9-4-5-9/h3,6-7,9,13H,2,4-5H2,1H3,(H,14,15). The number of carboxylic acids is 1. The van der Waals surface area contributed by atoms with E-state index in [-0.39, 0.29) is 0 Å². The Hall–Kier alpha value is -1.51. The number of aromatic carboxylic acids is 1. The Labute approximate surface area is 89.1 Å². The van der Waals surface area contributed by atoms with Crippen molar-refractivity contribution in [3.05, 3.63) is 29.3 Å². The number of hydrogen-bond donors (Lipinski definition) is 2. The fraction of sp³-hybridized carbons (Fsp3) is 0.417. The van der Waals surface area contributed by atoms with E-state index >= 15 is 0 Å². The summed E-state index contributed by atoms with van der Waals surface area (Å²) in [5.74, 6) is -0.860. The van der Waals surface area contributed by atoms with Gasteiger partial charge in [0, 0.05) is 11.7 Å². The molecule has 0 spiro atoms. The molecule has 0 bridgehead atoms. The molecule has 2 N–H and O–H groups in total. The highest BCUT2D eigenvalue weighted by Gasteiger charge is 2.23. The van der Waals surface area contributed by atoms with Crippen LogP contribution < -0.4 is 5.32 Å². The summed E-state index contributed by atoms with van der Waals surface area (Å²) in [6.07, 6.45) is 3.23. The van der Waals surface area contributed by atoms with Crippen LogP contribution in [0.25, 0.3) is 0 Å². The largest absolute Gasteiger partial charge is 0.478 e. The number of carboxylic acid groups (broad SMARTS) is 1. The average Bonchev–Trinajstić information content (AvgIpc) is 3.01. The average molecular weight is 205 g/mol. The van der Waals surface area contributed by atoms with Crippen LogP contribution in [0.3, 0.4) is 0 Å². The summed E-state index contributed by atoms with van der Waals surface area (Å²) < 4.78 is 0. The lowest BCUT2D eigenvalue weighted by atomic mass is 10.1. The Morgan fingerprint density at radius 1 is 1.53 bits per heavy atom. The molecule has 0 heterocycles. The molecule has 0 unspecified atom stereocenters. The van der Waals surface area contributed by atoms with Gasteiger partial charge in [0.05, 0.1) is 5.56 Å². The van der Waals surface area contributed by atoms with E-state index in [1.807, 2.05) is 12.1 Å². The van der Waals surface area contributed by atoms with Crippen molar-refractivity contribution >= 4 is 11.7 Å². The van der Waals surface area contributed by atoms with Gasteiger partial charge in [-0.3, -0.25) is 0 Å². The molecule has 15 heavy (non-hydrogen) atoms. The van der Waals surface area contributed by atoms with Crippen molar-refractivity contribution in [3.8, 4) is 0 Å². The van der Waals surface area contributed by atoms with E-state index in [4.69, 9.17) is 5.11 Å². The first-order valence-corrected chi connectivity index (χ1v) is 5.33. The van der Waals surface area contributed by atoms with Gasteiger partial charge < -0.3 is 10.4 Å². The Bertz CT molecular complexity index is 383. The topological polar surface area (TPSA) is 49.3 Å². The third kappa shape index (κ3) is 2.29. The highest BCUT2D eigenvalue weighted by atomic mass is 16.4. The number of hydrogen-bond acceptors (Lipinski definition) is 2. The lowest BCUT2D eigenvalue weighted by molar-refractivity contribution is 0.0698. The molecule has 3 nitrogen and oxygen atoms in total. The number of benzene rings is 1. The molecule has 0 radical (unpaired) electrons. The van der Waals surface area contributed by atoms with Gasteiger partial charge >= 0.3 is 5.97 Å². The number of rotatable bonds is 4. The molecule has 0 saturated heterocycles. The third-order valence-corrected chi connectivity index (χ3v) is 2.66. The molecule has 1 saturated carbocycles. The van der Waals surface area contributed by atoms with Crippen LogP contribution in [0.4, 0.5) is 5.69 Å². The van der Waals surface area contributed by atoms with E-state index in [1.54, 1.807) is 6.07 Å². The molecule has 0 amide bonds. The Kier molecular flexibility index (Phi) is 2.62. The summed E-state index contributed by atoms with van der Waals surface area (Å²) in [5, 5.41) is 12.3. The van der Waals surface area contributed by atoms with Crippen LogP contribution in [0.2, 0.25) is 0 Å². The van der Waals surface area contributed by atoms with Gasteiger partial charge in [-0.15, -0.1) is 0 Å². The normalized spacial score (nSPS) is 15.0. The van der Waals surface area contributed by atoms with Crippen molar-refractivity contribution < 1.29 is 9.90 Å². The quantitative estimate of drug-likeness (QED) is 0.794.